The first-order valence-electron chi connectivity index (χ1n) is 14.9. The Morgan fingerprint density at radius 1 is 1.00 bits per heavy atom. The van der Waals surface area contributed by atoms with Crippen molar-refractivity contribution in [2.45, 2.75) is 122 Å². The van der Waals surface area contributed by atoms with Gasteiger partial charge in [-0.2, -0.15) is 5.26 Å². The highest BCUT2D eigenvalue weighted by Gasteiger charge is 2.34. The third-order valence-electron chi connectivity index (χ3n) is 7.50. The molecule has 40 heavy (non-hydrogen) atoms. The molecule has 3 atom stereocenters. The number of hydrogen-bond acceptors (Lipinski definition) is 8. The zero-order valence-corrected chi connectivity index (χ0v) is 24.3. The zero-order chi connectivity index (χ0) is 29.8. The van der Waals surface area contributed by atoms with Gasteiger partial charge in [0, 0.05) is 18.9 Å². The number of rotatable bonds is 21. The number of hydrogen-bond donors (Lipinski definition) is 6. The molecule has 0 aromatic rings. The van der Waals surface area contributed by atoms with Crippen LogP contribution in [0.25, 0.3) is 0 Å². The van der Waals surface area contributed by atoms with E-state index < -0.39 is 25.0 Å². The maximum absolute atomic E-state index is 13.6. The van der Waals surface area contributed by atoms with E-state index in [1.54, 1.807) is 0 Å². The number of nitroso groups, excluding NO2 is 1. The maximum Gasteiger partial charge on any atom is 0.475 e. The minimum absolute atomic E-state index is 0.120. The topological polar surface area (TPSA) is 202 Å². The van der Waals surface area contributed by atoms with E-state index in [0.29, 0.717) is 25.2 Å². The molecule has 1 unspecified atom stereocenters. The average Bonchev–Trinajstić information content (AvgIpc) is 3.43. The second kappa shape index (κ2) is 21.1. The summed E-state index contributed by atoms with van der Waals surface area (Å²) in [6.45, 7) is 4.06. The molecule has 0 radical (unpaired) electrons. The van der Waals surface area contributed by atoms with Crippen LogP contribution in [-0.2, 0) is 9.59 Å². The summed E-state index contributed by atoms with van der Waals surface area (Å²) in [5, 5.41) is 36.4. The molecule has 0 aromatic carbocycles. The van der Waals surface area contributed by atoms with Gasteiger partial charge >= 0.3 is 7.12 Å². The number of nitrogens with one attached hydrogen (secondary N) is 3. The van der Waals surface area contributed by atoms with Gasteiger partial charge in [-0.15, -0.1) is 4.91 Å². The van der Waals surface area contributed by atoms with Crippen molar-refractivity contribution in [2.24, 2.45) is 33.8 Å². The number of nitrogens with zero attached hydrogens (tertiary/aromatic N) is 3. The first-order chi connectivity index (χ1) is 19.2. The summed E-state index contributed by atoms with van der Waals surface area (Å²) in [6, 6.07) is 1.30. The van der Waals surface area contributed by atoms with Crippen LogP contribution in [0.5, 0.6) is 0 Å². The Bertz CT molecular complexity index is 816. The second-order valence-corrected chi connectivity index (χ2v) is 11.3. The van der Waals surface area contributed by atoms with Crippen molar-refractivity contribution in [2.75, 3.05) is 6.54 Å². The minimum atomic E-state index is -1.72. The molecule has 0 saturated heterocycles. The number of amides is 2. The van der Waals surface area contributed by atoms with E-state index >= 15 is 0 Å². The summed E-state index contributed by atoms with van der Waals surface area (Å²) in [5.41, 5.74) is 7.54. The summed E-state index contributed by atoms with van der Waals surface area (Å²) in [5.74, 6) is -1.37. The van der Waals surface area contributed by atoms with Crippen molar-refractivity contribution < 1.29 is 19.6 Å². The molecule has 0 aliphatic heterocycles. The second-order valence-electron chi connectivity index (χ2n) is 11.3. The van der Waals surface area contributed by atoms with Gasteiger partial charge in [0.2, 0.25) is 17.8 Å². The van der Waals surface area contributed by atoms with Gasteiger partial charge in [-0.05, 0) is 56.8 Å². The lowest BCUT2D eigenvalue weighted by Gasteiger charge is -2.27. The number of carbonyl (C=O) groups excluding carboxylic acids is 2. The van der Waals surface area contributed by atoms with E-state index in [2.05, 4.69) is 27.0 Å². The quantitative estimate of drug-likeness (QED) is 0.0305. The Hall–Kier alpha value is -2.72. The summed E-state index contributed by atoms with van der Waals surface area (Å²) < 4.78 is 0. The smallest absolute Gasteiger partial charge is 0.426 e. The Balaban J connectivity index is 2.86. The highest BCUT2D eigenvalue weighted by Crippen LogP contribution is 2.34. The predicted octanol–water partition coefficient (Wildman–Crippen LogP) is 2.83. The van der Waals surface area contributed by atoms with Crippen LogP contribution >= 0.6 is 0 Å². The van der Waals surface area contributed by atoms with Crippen molar-refractivity contribution in [1.82, 2.24) is 16.1 Å². The number of nitriles is 1. The molecular weight excluding hydrogens is 513 g/mol. The Morgan fingerprint density at radius 3 is 2.25 bits per heavy atom. The Labute approximate surface area is 239 Å². The first-order valence-corrected chi connectivity index (χ1v) is 14.9. The molecular formula is C27H50BN7O5. The van der Waals surface area contributed by atoms with Crippen LogP contribution in [0, 0.1) is 34.0 Å². The summed E-state index contributed by atoms with van der Waals surface area (Å²) in [4.78, 5) is 41.1. The van der Waals surface area contributed by atoms with Crippen LogP contribution in [-0.4, -0.2) is 53.5 Å². The van der Waals surface area contributed by atoms with E-state index in [4.69, 9.17) is 11.0 Å². The fraction of sp³-hybridized carbons (Fsp3) is 0.852. The SMILES string of the molecule is CC(C)C[C@H](NC(=O)[C@H](CCCN=C(N)NN=O)NC(=O)C(CCCCCCCCC#N)C1CCCC1)B(O)O. The number of guanidine groups is 1. The maximum atomic E-state index is 13.6. The largest absolute Gasteiger partial charge is 0.475 e. The summed E-state index contributed by atoms with van der Waals surface area (Å²) >= 11 is 0. The average molecular weight is 564 g/mol. The molecule has 1 aliphatic rings. The molecule has 1 fully saturated rings. The lowest BCUT2D eigenvalue weighted by Crippen LogP contribution is -2.55. The normalized spacial score (nSPS) is 16.1. The van der Waals surface area contributed by atoms with E-state index in [9.17, 15) is 24.5 Å². The highest BCUT2D eigenvalue weighted by molar-refractivity contribution is 6.43. The van der Waals surface area contributed by atoms with Gasteiger partial charge in [-0.1, -0.05) is 58.8 Å². The van der Waals surface area contributed by atoms with E-state index in [-0.39, 0.29) is 36.7 Å². The van der Waals surface area contributed by atoms with Crippen molar-refractivity contribution in [3.8, 4) is 6.07 Å². The van der Waals surface area contributed by atoms with Gasteiger partial charge in [-0.25, -0.2) is 5.43 Å². The lowest BCUT2D eigenvalue weighted by molar-refractivity contribution is -0.132. The van der Waals surface area contributed by atoms with Crippen LogP contribution < -0.4 is 21.8 Å². The van der Waals surface area contributed by atoms with Crippen LogP contribution in [0.3, 0.4) is 0 Å². The minimum Gasteiger partial charge on any atom is -0.426 e. The predicted molar refractivity (Wildman–Crippen MR) is 156 cm³/mol. The van der Waals surface area contributed by atoms with Crippen LogP contribution in [0.1, 0.15) is 110 Å². The first kappa shape index (κ1) is 35.3. The third kappa shape index (κ3) is 15.2. The monoisotopic (exact) mass is 563 g/mol. The van der Waals surface area contributed by atoms with Crippen LogP contribution in [0.4, 0.5) is 0 Å². The van der Waals surface area contributed by atoms with Gasteiger partial charge in [-0.3, -0.25) is 14.6 Å². The van der Waals surface area contributed by atoms with Crippen molar-refractivity contribution in [3.63, 3.8) is 0 Å². The summed E-state index contributed by atoms with van der Waals surface area (Å²) in [7, 11) is -1.72. The number of carbonyl (C=O) groups is 2. The molecule has 226 valence electrons. The van der Waals surface area contributed by atoms with Crippen molar-refractivity contribution in [3.05, 3.63) is 4.91 Å². The van der Waals surface area contributed by atoms with Gasteiger partial charge < -0.3 is 26.4 Å². The molecule has 1 rings (SSSR count). The highest BCUT2D eigenvalue weighted by atomic mass is 16.4. The van der Waals surface area contributed by atoms with E-state index in [1.165, 1.54) is 0 Å². The fourth-order valence-corrected chi connectivity index (χ4v) is 5.39. The standard InChI is InChI=1S/C27H50BN7O5/c1-20(2)19-24(28(38)39)33-26(37)23(16-12-18-31-27(30)34-35-40)32-25(36)22(21-13-9-10-14-21)15-8-6-4-3-5-7-11-17-29/h20-24,38-39H,3-16,18-19H2,1-2H3,(H,32,36)(H,33,37)(H3,30,31,34,40)/t22?,23-,24-/m0/s1. The molecule has 0 aromatic heterocycles. The third-order valence-corrected chi connectivity index (χ3v) is 7.50. The number of unbranched alkanes of at least 4 members (excludes halogenated alkanes) is 6. The van der Waals surface area contributed by atoms with Crippen molar-refractivity contribution in [1.29, 1.82) is 5.26 Å². The Kier molecular flexibility index (Phi) is 18.6. The Morgan fingerprint density at radius 2 is 1.65 bits per heavy atom. The van der Waals surface area contributed by atoms with Crippen LogP contribution in [0.2, 0.25) is 0 Å². The molecule has 0 spiro atoms. The van der Waals surface area contributed by atoms with Gasteiger partial charge in [0.15, 0.2) is 0 Å². The molecule has 0 bridgehead atoms. The van der Waals surface area contributed by atoms with E-state index in [1.807, 2.05) is 19.3 Å². The molecule has 0 heterocycles. The molecule has 7 N–H and O–H groups in total. The lowest BCUT2D eigenvalue weighted by atomic mass is 9.75. The molecule has 1 aliphatic carbocycles. The van der Waals surface area contributed by atoms with Gasteiger partial charge in [0.1, 0.15) is 6.04 Å². The van der Waals surface area contributed by atoms with Crippen LogP contribution in [0.15, 0.2) is 10.3 Å². The van der Waals surface area contributed by atoms with Gasteiger partial charge in [0.05, 0.1) is 17.3 Å². The van der Waals surface area contributed by atoms with Crippen molar-refractivity contribution >= 4 is 24.9 Å². The fourth-order valence-electron chi connectivity index (χ4n) is 5.39. The number of nitrogens with two attached hydrogens (primary N) is 1. The molecule has 1 saturated carbocycles. The summed E-state index contributed by atoms with van der Waals surface area (Å²) in [6.07, 6.45) is 12.7. The van der Waals surface area contributed by atoms with E-state index in [0.717, 1.165) is 70.6 Å². The zero-order valence-electron chi connectivity index (χ0n) is 24.3. The molecule has 12 nitrogen and oxygen atoms in total. The number of aliphatic imine (C=N–C) groups is 1. The molecule has 13 heteroatoms. The van der Waals surface area contributed by atoms with Gasteiger partial charge in [0.25, 0.3) is 0 Å². The molecule has 2 amide bonds.